The van der Waals surface area contributed by atoms with Crippen LogP contribution in [0.4, 0.5) is 0 Å². The third-order valence-corrected chi connectivity index (χ3v) is 3.57. The second-order valence-electron chi connectivity index (χ2n) is 4.82. The van der Waals surface area contributed by atoms with Crippen LogP contribution < -0.4 is 11.3 Å². The minimum Gasteiger partial charge on any atom is -0.271 e. The van der Waals surface area contributed by atoms with Crippen molar-refractivity contribution >= 4 is 0 Å². The molecule has 2 atom stereocenters. The molecule has 1 aromatic rings. The number of aromatic nitrogens is 2. The highest BCUT2D eigenvalue weighted by atomic mass is 15.3. The molecule has 2 rings (SSSR count). The van der Waals surface area contributed by atoms with Gasteiger partial charge in [0.25, 0.3) is 0 Å². The summed E-state index contributed by atoms with van der Waals surface area (Å²) in [5.41, 5.74) is 4.19. The molecule has 0 spiro atoms. The van der Waals surface area contributed by atoms with E-state index >= 15 is 0 Å². The van der Waals surface area contributed by atoms with Crippen LogP contribution in [0.2, 0.25) is 0 Å². The molecule has 1 aliphatic carbocycles. The third kappa shape index (κ3) is 2.28. The number of rotatable bonds is 6. The predicted molar refractivity (Wildman–Crippen MR) is 64.5 cm³/mol. The molecular formula is C12H22N4. The van der Waals surface area contributed by atoms with Crippen LogP contribution in [0, 0.1) is 11.8 Å². The molecule has 4 nitrogen and oxygen atoms in total. The molecule has 90 valence electrons. The van der Waals surface area contributed by atoms with Gasteiger partial charge in [-0.25, -0.2) is 0 Å². The van der Waals surface area contributed by atoms with E-state index in [0.717, 1.165) is 18.9 Å². The van der Waals surface area contributed by atoms with Gasteiger partial charge < -0.3 is 0 Å². The van der Waals surface area contributed by atoms with E-state index in [1.807, 2.05) is 6.20 Å². The van der Waals surface area contributed by atoms with Gasteiger partial charge in [0.05, 0.1) is 11.7 Å². The van der Waals surface area contributed by atoms with Crippen LogP contribution in [0.3, 0.4) is 0 Å². The van der Waals surface area contributed by atoms with Gasteiger partial charge in [0.1, 0.15) is 0 Å². The Balaban J connectivity index is 2.14. The molecule has 0 radical (unpaired) electrons. The van der Waals surface area contributed by atoms with Crippen LogP contribution in [0.25, 0.3) is 0 Å². The van der Waals surface area contributed by atoms with Crippen molar-refractivity contribution in [1.29, 1.82) is 0 Å². The fraction of sp³-hybridized carbons (Fsp3) is 0.750. The first kappa shape index (κ1) is 11.6. The molecule has 0 aromatic carbocycles. The van der Waals surface area contributed by atoms with Gasteiger partial charge >= 0.3 is 0 Å². The predicted octanol–water partition coefficient (Wildman–Crippen LogP) is 1.84. The maximum atomic E-state index is 5.70. The van der Waals surface area contributed by atoms with Crippen LogP contribution in [0.15, 0.2) is 12.3 Å². The second-order valence-corrected chi connectivity index (χ2v) is 4.82. The van der Waals surface area contributed by atoms with E-state index in [1.54, 1.807) is 0 Å². The molecule has 0 saturated heterocycles. The van der Waals surface area contributed by atoms with Crippen molar-refractivity contribution in [3.05, 3.63) is 18.0 Å². The quantitative estimate of drug-likeness (QED) is 0.570. The number of nitrogens with one attached hydrogen (secondary N) is 1. The molecular weight excluding hydrogens is 200 g/mol. The van der Waals surface area contributed by atoms with Crippen LogP contribution >= 0.6 is 0 Å². The summed E-state index contributed by atoms with van der Waals surface area (Å²) in [5.74, 6) is 7.14. The minimum atomic E-state index is 0.238. The summed E-state index contributed by atoms with van der Waals surface area (Å²) in [5, 5.41) is 4.36. The van der Waals surface area contributed by atoms with E-state index < -0.39 is 0 Å². The van der Waals surface area contributed by atoms with Crippen molar-refractivity contribution in [2.75, 3.05) is 0 Å². The summed E-state index contributed by atoms with van der Waals surface area (Å²) in [7, 11) is 0. The Labute approximate surface area is 97.2 Å². The summed E-state index contributed by atoms with van der Waals surface area (Å²) in [6.45, 7) is 5.42. The Kier molecular flexibility index (Phi) is 3.61. The van der Waals surface area contributed by atoms with Crippen LogP contribution in [-0.2, 0) is 6.54 Å². The normalized spacial score (nSPS) is 19.7. The number of hydrogen-bond acceptors (Lipinski definition) is 3. The number of nitrogens with zero attached hydrogens (tertiary/aromatic N) is 2. The van der Waals surface area contributed by atoms with E-state index in [2.05, 4.69) is 35.1 Å². The molecule has 16 heavy (non-hydrogen) atoms. The van der Waals surface area contributed by atoms with Gasteiger partial charge in [-0.1, -0.05) is 13.8 Å². The lowest BCUT2D eigenvalue weighted by Crippen LogP contribution is -2.35. The fourth-order valence-corrected chi connectivity index (χ4v) is 2.41. The first-order valence-corrected chi connectivity index (χ1v) is 6.25. The van der Waals surface area contributed by atoms with Gasteiger partial charge in [-0.05, 0) is 37.2 Å². The molecule has 1 fully saturated rings. The van der Waals surface area contributed by atoms with Crippen molar-refractivity contribution in [1.82, 2.24) is 15.2 Å². The first-order chi connectivity index (χ1) is 7.77. The van der Waals surface area contributed by atoms with Crippen molar-refractivity contribution < 1.29 is 0 Å². The molecule has 0 bridgehead atoms. The van der Waals surface area contributed by atoms with E-state index in [9.17, 15) is 0 Å². The van der Waals surface area contributed by atoms with E-state index in [4.69, 9.17) is 5.84 Å². The molecule has 4 heteroatoms. The van der Waals surface area contributed by atoms with E-state index in [0.29, 0.717) is 5.92 Å². The van der Waals surface area contributed by atoms with Gasteiger partial charge in [-0.2, -0.15) is 5.10 Å². The highest BCUT2D eigenvalue weighted by Crippen LogP contribution is 2.42. The highest BCUT2D eigenvalue weighted by Gasteiger charge is 2.34. The van der Waals surface area contributed by atoms with Gasteiger partial charge in [-0.3, -0.25) is 16.0 Å². The van der Waals surface area contributed by atoms with Crippen molar-refractivity contribution in [2.45, 2.75) is 45.7 Å². The summed E-state index contributed by atoms with van der Waals surface area (Å²) >= 11 is 0. The number of hydrazine groups is 1. The van der Waals surface area contributed by atoms with Crippen molar-refractivity contribution in [2.24, 2.45) is 17.7 Å². The van der Waals surface area contributed by atoms with Gasteiger partial charge in [0, 0.05) is 12.7 Å². The standard InChI is InChI=1S/C12H22N4/c1-3-8-16-11(6-7-14-16)12(15-13)9(2)10-4-5-10/h6-7,9-10,12,15H,3-5,8,13H2,1-2H3. The van der Waals surface area contributed by atoms with Gasteiger partial charge in [-0.15, -0.1) is 0 Å². The lowest BCUT2D eigenvalue weighted by atomic mass is 9.94. The first-order valence-electron chi connectivity index (χ1n) is 6.25. The average molecular weight is 222 g/mol. The maximum absolute atomic E-state index is 5.70. The van der Waals surface area contributed by atoms with E-state index in [-0.39, 0.29) is 6.04 Å². The molecule has 1 heterocycles. The molecule has 1 aromatic heterocycles. The number of nitrogens with two attached hydrogens (primary N) is 1. The highest BCUT2D eigenvalue weighted by molar-refractivity contribution is 5.09. The Morgan fingerprint density at radius 1 is 1.62 bits per heavy atom. The smallest absolute Gasteiger partial charge is 0.0657 e. The lowest BCUT2D eigenvalue weighted by molar-refractivity contribution is 0.332. The summed E-state index contributed by atoms with van der Waals surface area (Å²) in [6.07, 6.45) is 5.67. The molecule has 2 unspecified atom stereocenters. The Bertz CT molecular complexity index is 330. The Hall–Kier alpha value is -0.870. The summed E-state index contributed by atoms with van der Waals surface area (Å²) in [4.78, 5) is 0. The third-order valence-electron chi connectivity index (χ3n) is 3.57. The van der Waals surface area contributed by atoms with Crippen molar-refractivity contribution in [3.8, 4) is 0 Å². The van der Waals surface area contributed by atoms with Gasteiger partial charge in [0.15, 0.2) is 0 Å². The van der Waals surface area contributed by atoms with Crippen LogP contribution in [-0.4, -0.2) is 9.78 Å². The molecule has 1 aliphatic rings. The topological polar surface area (TPSA) is 55.9 Å². The zero-order valence-electron chi connectivity index (χ0n) is 10.2. The van der Waals surface area contributed by atoms with Crippen LogP contribution in [0.1, 0.15) is 44.8 Å². The van der Waals surface area contributed by atoms with Gasteiger partial charge in [0.2, 0.25) is 0 Å². The fourth-order valence-electron chi connectivity index (χ4n) is 2.41. The molecule has 0 aliphatic heterocycles. The zero-order chi connectivity index (χ0) is 11.5. The lowest BCUT2D eigenvalue weighted by Gasteiger charge is -2.24. The Morgan fingerprint density at radius 3 is 2.94 bits per heavy atom. The van der Waals surface area contributed by atoms with E-state index in [1.165, 1.54) is 18.5 Å². The maximum Gasteiger partial charge on any atom is 0.0657 e. The second kappa shape index (κ2) is 4.97. The van der Waals surface area contributed by atoms with Crippen LogP contribution in [0.5, 0.6) is 0 Å². The SMILES string of the molecule is CCCn1nccc1C(NN)C(C)C1CC1. The average Bonchev–Trinajstić information content (AvgIpc) is 3.04. The summed E-state index contributed by atoms with van der Waals surface area (Å²) in [6, 6.07) is 2.32. The number of aryl methyl sites for hydroxylation is 1. The largest absolute Gasteiger partial charge is 0.271 e. The minimum absolute atomic E-state index is 0.238. The molecule has 1 saturated carbocycles. The van der Waals surface area contributed by atoms with Crippen molar-refractivity contribution in [3.63, 3.8) is 0 Å². The molecule has 3 N–H and O–H groups in total. The zero-order valence-corrected chi connectivity index (χ0v) is 10.2. The number of hydrogen-bond donors (Lipinski definition) is 2. The molecule has 0 amide bonds. The summed E-state index contributed by atoms with van der Waals surface area (Å²) < 4.78 is 2.07. The monoisotopic (exact) mass is 222 g/mol. The Morgan fingerprint density at radius 2 is 2.38 bits per heavy atom.